The van der Waals surface area contributed by atoms with Crippen molar-refractivity contribution in [3.8, 4) is 0 Å². The molecule has 0 aliphatic rings. The highest BCUT2D eigenvalue weighted by molar-refractivity contribution is 4.72. The summed E-state index contributed by atoms with van der Waals surface area (Å²) in [5.74, 6) is 0.806. The first-order valence-corrected chi connectivity index (χ1v) is 2.77. The number of nitrogens with zero attached hydrogens (tertiary/aromatic N) is 4. The normalized spacial score (nSPS) is 10.0. The third-order valence-electron chi connectivity index (χ3n) is 1.05. The van der Waals surface area contributed by atoms with Gasteiger partial charge in [-0.1, -0.05) is 0 Å². The molecule has 50 valence electrons. The number of tetrazole rings is 1. The third-order valence-corrected chi connectivity index (χ3v) is 1.05. The minimum Gasteiger partial charge on any atom is -0.329 e. The van der Waals surface area contributed by atoms with Gasteiger partial charge in [0.2, 0.25) is 0 Å². The molecule has 0 atom stereocenters. The van der Waals surface area contributed by atoms with Gasteiger partial charge in [0.05, 0.1) is 6.54 Å². The summed E-state index contributed by atoms with van der Waals surface area (Å²) in [5, 5.41) is 10.8. The van der Waals surface area contributed by atoms with Crippen LogP contribution < -0.4 is 5.73 Å². The molecule has 5 heteroatoms. The Morgan fingerprint density at radius 1 is 1.67 bits per heavy atom. The zero-order chi connectivity index (χ0) is 6.69. The Kier molecular flexibility index (Phi) is 1.74. The molecule has 1 heterocycles. The molecule has 9 heavy (non-hydrogen) atoms. The molecule has 0 aliphatic carbocycles. The van der Waals surface area contributed by atoms with Crippen molar-refractivity contribution in [1.29, 1.82) is 0 Å². The van der Waals surface area contributed by atoms with E-state index in [-0.39, 0.29) is 0 Å². The lowest BCUT2D eigenvalue weighted by molar-refractivity contribution is 0.584. The first-order chi connectivity index (χ1) is 4.34. The van der Waals surface area contributed by atoms with Crippen LogP contribution in [0.3, 0.4) is 0 Å². The van der Waals surface area contributed by atoms with Crippen molar-refractivity contribution in [2.75, 3.05) is 6.54 Å². The lowest BCUT2D eigenvalue weighted by Crippen LogP contribution is -2.12. The molecule has 1 aromatic heterocycles. The van der Waals surface area contributed by atoms with Crippen LogP contribution in [0.25, 0.3) is 0 Å². The average molecular weight is 127 g/mol. The molecule has 0 aromatic carbocycles. The molecule has 0 saturated heterocycles. The van der Waals surface area contributed by atoms with E-state index in [0.29, 0.717) is 13.1 Å². The van der Waals surface area contributed by atoms with E-state index in [1.54, 1.807) is 4.68 Å². The van der Waals surface area contributed by atoms with Gasteiger partial charge in [0.15, 0.2) is 0 Å². The van der Waals surface area contributed by atoms with Gasteiger partial charge < -0.3 is 5.73 Å². The van der Waals surface area contributed by atoms with E-state index in [1.165, 1.54) is 0 Å². The Bertz CT molecular complexity index is 181. The molecule has 0 bridgehead atoms. The van der Waals surface area contributed by atoms with Crippen LogP contribution in [-0.2, 0) is 6.54 Å². The van der Waals surface area contributed by atoms with E-state index in [1.807, 2.05) is 6.92 Å². The summed E-state index contributed by atoms with van der Waals surface area (Å²) in [5.41, 5.74) is 5.27. The molecule has 5 nitrogen and oxygen atoms in total. The zero-order valence-electron chi connectivity index (χ0n) is 5.28. The monoisotopic (exact) mass is 127 g/mol. The molecule has 1 aromatic rings. The van der Waals surface area contributed by atoms with E-state index < -0.39 is 0 Å². The predicted molar refractivity (Wildman–Crippen MR) is 31.6 cm³/mol. The van der Waals surface area contributed by atoms with Crippen molar-refractivity contribution in [2.45, 2.75) is 13.5 Å². The summed E-state index contributed by atoms with van der Waals surface area (Å²) in [6.45, 7) is 3.11. The quantitative estimate of drug-likeness (QED) is 0.549. The third kappa shape index (κ3) is 1.23. The van der Waals surface area contributed by atoms with E-state index in [0.717, 1.165) is 5.82 Å². The molecular weight excluding hydrogens is 118 g/mol. The van der Waals surface area contributed by atoms with Crippen molar-refractivity contribution in [3.05, 3.63) is 5.82 Å². The molecule has 0 saturated carbocycles. The molecule has 0 radical (unpaired) electrons. The maximum Gasteiger partial charge on any atom is 0.148 e. The minimum absolute atomic E-state index is 0.575. The number of hydrogen-bond acceptors (Lipinski definition) is 4. The number of nitrogens with two attached hydrogens (primary N) is 1. The summed E-state index contributed by atoms with van der Waals surface area (Å²) >= 11 is 0. The SMILES string of the molecule is Cc1nnnn1CCN. The molecule has 0 amide bonds. The molecule has 1 rings (SSSR count). The molecular formula is C4H9N5. The van der Waals surface area contributed by atoms with E-state index in [2.05, 4.69) is 15.5 Å². The summed E-state index contributed by atoms with van der Waals surface area (Å²) in [4.78, 5) is 0. The fourth-order valence-corrected chi connectivity index (χ4v) is 0.578. The second-order valence-electron chi connectivity index (χ2n) is 1.74. The number of rotatable bonds is 2. The van der Waals surface area contributed by atoms with Crippen LogP contribution in [0.5, 0.6) is 0 Å². The Hall–Kier alpha value is -0.970. The lowest BCUT2D eigenvalue weighted by Gasteiger charge is -1.94. The highest BCUT2D eigenvalue weighted by Crippen LogP contribution is 1.84. The summed E-state index contributed by atoms with van der Waals surface area (Å²) in [6.07, 6.45) is 0. The maximum atomic E-state index is 5.27. The van der Waals surface area contributed by atoms with E-state index in [9.17, 15) is 0 Å². The fourth-order valence-electron chi connectivity index (χ4n) is 0.578. The molecule has 0 spiro atoms. The van der Waals surface area contributed by atoms with Crippen molar-refractivity contribution in [3.63, 3.8) is 0 Å². The molecule has 0 aliphatic heterocycles. The molecule has 2 N–H and O–H groups in total. The van der Waals surface area contributed by atoms with Crippen LogP contribution in [0.15, 0.2) is 0 Å². The van der Waals surface area contributed by atoms with Crippen LogP contribution >= 0.6 is 0 Å². The van der Waals surface area contributed by atoms with Crippen LogP contribution in [0, 0.1) is 6.92 Å². The van der Waals surface area contributed by atoms with Crippen LogP contribution in [0.2, 0.25) is 0 Å². The first kappa shape index (κ1) is 6.15. The summed E-state index contributed by atoms with van der Waals surface area (Å²) in [7, 11) is 0. The number of aromatic nitrogens is 4. The highest BCUT2D eigenvalue weighted by atomic mass is 15.5. The second kappa shape index (κ2) is 2.54. The van der Waals surface area contributed by atoms with Crippen LogP contribution in [-0.4, -0.2) is 26.8 Å². The van der Waals surface area contributed by atoms with Gasteiger partial charge in [0.25, 0.3) is 0 Å². The smallest absolute Gasteiger partial charge is 0.148 e. The Morgan fingerprint density at radius 2 is 2.44 bits per heavy atom. The van der Waals surface area contributed by atoms with Gasteiger partial charge in [0, 0.05) is 6.54 Å². The number of hydrogen-bond donors (Lipinski definition) is 1. The average Bonchev–Trinajstić information content (AvgIpc) is 2.18. The standard InChI is InChI=1S/C4H9N5/c1-4-6-7-8-9(4)3-2-5/h2-3,5H2,1H3. The topological polar surface area (TPSA) is 69.6 Å². The second-order valence-corrected chi connectivity index (χ2v) is 1.74. The predicted octanol–water partition coefficient (Wildman–Crippen LogP) is -1.06. The Morgan fingerprint density at radius 3 is 2.89 bits per heavy atom. The van der Waals surface area contributed by atoms with Crippen LogP contribution in [0.1, 0.15) is 5.82 Å². The molecule has 0 fully saturated rings. The van der Waals surface area contributed by atoms with Crippen LogP contribution in [0.4, 0.5) is 0 Å². The van der Waals surface area contributed by atoms with Gasteiger partial charge >= 0.3 is 0 Å². The van der Waals surface area contributed by atoms with Gasteiger partial charge in [-0.15, -0.1) is 5.10 Å². The van der Waals surface area contributed by atoms with Gasteiger partial charge in [-0.3, -0.25) is 0 Å². The summed E-state index contributed by atoms with van der Waals surface area (Å²) < 4.78 is 1.67. The lowest BCUT2D eigenvalue weighted by atomic mass is 10.6. The fraction of sp³-hybridized carbons (Fsp3) is 0.750. The van der Waals surface area contributed by atoms with Crippen molar-refractivity contribution in [2.24, 2.45) is 5.73 Å². The van der Waals surface area contributed by atoms with Gasteiger partial charge in [-0.2, -0.15) is 0 Å². The largest absolute Gasteiger partial charge is 0.329 e. The van der Waals surface area contributed by atoms with Crippen molar-refractivity contribution >= 4 is 0 Å². The maximum absolute atomic E-state index is 5.27. The zero-order valence-corrected chi connectivity index (χ0v) is 5.28. The molecule has 0 unspecified atom stereocenters. The minimum atomic E-state index is 0.575. The summed E-state index contributed by atoms with van der Waals surface area (Å²) in [6, 6.07) is 0. The van der Waals surface area contributed by atoms with E-state index in [4.69, 9.17) is 5.73 Å². The van der Waals surface area contributed by atoms with Gasteiger partial charge in [-0.05, 0) is 17.4 Å². The number of aryl methyl sites for hydroxylation is 1. The van der Waals surface area contributed by atoms with E-state index >= 15 is 0 Å². The first-order valence-electron chi connectivity index (χ1n) is 2.77. The highest BCUT2D eigenvalue weighted by Gasteiger charge is 1.95. The van der Waals surface area contributed by atoms with Crippen molar-refractivity contribution < 1.29 is 0 Å². The Labute approximate surface area is 52.8 Å². The Balaban J connectivity index is 2.69. The van der Waals surface area contributed by atoms with Gasteiger partial charge in [-0.25, -0.2) is 4.68 Å². The van der Waals surface area contributed by atoms with Gasteiger partial charge in [0.1, 0.15) is 5.82 Å². The van der Waals surface area contributed by atoms with Crippen molar-refractivity contribution in [1.82, 2.24) is 20.2 Å².